The Kier molecular flexibility index (Phi) is 7.05. The number of hydrogen-bond donors (Lipinski definition) is 4. The minimum Gasteiger partial charge on any atom is -0.507 e. The van der Waals surface area contributed by atoms with E-state index in [-0.39, 0.29) is 11.3 Å². The zero-order valence-corrected chi connectivity index (χ0v) is 17.0. The van der Waals surface area contributed by atoms with Gasteiger partial charge in [0.15, 0.2) is 0 Å². The van der Waals surface area contributed by atoms with Gasteiger partial charge in [-0.1, -0.05) is 37.6 Å². The van der Waals surface area contributed by atoms with Crippen molar-refractivity contribution in [2.45, 2.75) is 19.8 Å². The third-order valence-corrected chi connectivity index (χ3v) is 4.51. The number of unbranched alkanes of at least 4 members (excludes halogenated alkanes) is 1. The van der Waals surface area contributed by atoms with E-state index in [9.17, 15) is 19.5 Å². The Hall–Kier alpha value is -4.07. The maximum Gasteiger partial charge on any atom is 0.338 e. The maximum atomic E-state index is 12.3. The van der Waals surface area contributed by atoms with Gasteiger partial charge in [-0.15, -0.1) is 0 Å². The van der Waals surface area contributed by atoms with E-state index in [1.165, 1.54) is 24.3 Å². The molecule has 8 nitrogen and oxygen atoms in total. The Bertz CT molecular complexity index is 1100. The summed E-state index contributed by atoms with van der Waals surface area (Å²) in [6.07, 6.45) is 1.73. The highest BCUT2D eigenvalue weighted by Gasteiger charge is 2.14. The molecule has 3 rings (SSSR count). The van der Waals surface area contributed by atoms with E-state index in [4.69, 9.17) is 4.74 Å². The second-order valence-electron chi connectivity index (χ2n) is 6.82. The van der Waals surface area contributed by atoms with Gasteiger partial charge in [0, 0.05) is 5.69 Å². The molecule has 3 amide bonds. The fraction of sp³-hybridized carbons (Fsp3) is 0.174. The average Bonchev–Trinajstić information content (AvgIpc) is 2.77. The van der Waals surface area contributed by atoms with Crippen molar-refractivity contribution in [3.63, 3.8) is 0 Å². The second kappa shape index (κ2) is 10.1. The Labute approximate surface area is 179 Å². The van der Waals surface area contributed by atoms with Crippen LogP contribution in [-0.4, -0.2) is 29.6 Å². The quantitative estimate of drug-likeness (QED) is 0.273. The SMILES string of the molecule is CCCCOC(=O)c1ccc(NC(=O)NNC(=O)c2cc3ccccc3cc2O)cc1. The predicted molar refractivity (Wildman–Crippen MR) is 117 cm³/mol. The molecule has 4 N–H and O–H groups in total. The van der Waals surface area contributed by atoms with E-state index < -0.39 is 17.9 Å². The number of ether oxygens (including phenoxy) is 1. The summed E-state index contributed by atoms with van der Waals surface area (Å²) in [6, 6.07) is 15.8. The number of hydrogen-bond acceptors (Lipinski definition) is 5. The highest BCUT2D eigenvalue weighted by molar-refractivity contribution is 6.02. The molecule has 31 heavy (non-hydrogen) atoms. The Morgan fingerprint density at radius 2 is 1.61 bits per heavy atom. The largest absolute Gasteiger partial charge is 0.507 e. The van der Waals surface area contributed by atoms with Crippen LogP contribution >= 0.6 is 0 Å². The molecule has 0 bridgehead atoms. The van der Waals surface area contributed by atoms with E-state index in [0.717, 1.165) is 23.6 Å². The van der Waals surface area contributed by atoms with Gasteiger partial charge in [-0.2, -0.15) is 0 Å². The minimum atomic E-state index is -0.688. The van der Waals surface area contributed by atoms with Gasteiger partial charge in [0.1, 0.15) is 5.75 Å². The zero-order valence-electron chi connectivity index (χ0n) is 17.0. The lowest BCUT2D eigenvalue weighted by molar-refractivity contribution is 0.0499. The number of nitrogens with one attached hydrogen (secondary N) is 3. The summed E-state index contributed by atoms with van der Waals surface area (Å²) in [7, 11) is 0. The van der Waals surface area contributed by atoms with Crippen molar-refractivity contribution in [2.24, 2.45) is 0 Å². The van der Waals surface area contributed by atoms with Crippen LogP contribution in [0.25, 0.3) is 10.8 Å². The number of carbonyl (C=O) groups excluding carboxylic acids is 3. The number of phenols is 1. The van der Waals surface area contributed by atoms with Crippen molar-refractivity contribution in [3.8, 4) is 5.75 Å². The third kappa shape index (κ3) is 5.72. The fourth-order valence-corrected chi connectivity index (χ4v) is 2.84. The van der Waals surface area contributed by atoms with Gasteiger partial charge < -0.3 is 15.2 Å². The molecule has 0 spiro atoms. The smallest absolute Gasteiger partial charge is 0.338 e. The molecule has 0 aliphatic rings. The molecule has 0 aromatic heterocycles. The van der Waals surface area contributed by atoms with E-state index in [1.54, 1.807) is 12.1 Å². The van der Waals surface area contributed by atoms with Crippen LogP contribution in [0, 0.1) is 0 Å². The summed E-state index contributed by atoms with van der Waals surface area (Å²) in [5, 5.41) is 14.2. The molecule has 3 aromatic carbocycles. The van der Waals surface area contributed by atoms with Crippen LogP contribution in [0.5, 0.6) is 5.75 Å². The summed E-state index contributed by atoms with van der Waals surface area (Å²) >= 11 is 0. The number of anilines is 1. The molecule has 0 saturated carbocycles. The molecule has 160 valence electrons. The van der Waals surface area contributed by atoms with Crippen molar-refractivity contribution < 1.29 is 24.2 Å². The lowest BCUT2D eigenvalue weighted by atomic mass is 10.1. The number of amides is 3. The molecular formula is C23H23N3O5. The van der Waals surface area contributed by atoms with Crippen molar-refractivity contribution in [3.05, 3.63) is 71.8 Å². The summed E-state index contributed by atoms with van der Waals surface area (Å²) in [6.45, 7) is 2.37. The van der Waals surface area contributed by atoms with Gasteiger partial charge in [0.25, 0.3) is 5.91 Å². The van der Waals surface area contributed by atoms with Crippen LogP contribution in [0.2, 0.25) is 0 Å². The number of carbonyl (C=O) groups is 3. The monoisotopic (exact) mass is 421 g/mol. The first-order chi connectivity index (χ1) is 15.0. The molecule has 0 aliphatic heterocycles. The summed E-state index contributed by atoms with van der Waals surface area (Å²) < 4.78 is 5.13. The number of rotatable bonds is 6. The molecular weight excluding hydrogens is 398 g/mol. The first-order valence-corrected chi connectivity index (χ1v) is 9.84. The standard InChI is InChI=1S/C23H23N3O5/c1-2-3-12-31-22(29)15-8-10-18(11-9-15)24-23(30)26-25-21(28)19-13-16-6-4-5-7-17(16)14-20(19)27/h4-11,13-14,27H,2-3,12H2,1H3,(H,25,28)(H2,24,26,30). The Balaban J connectivity index is 1.53. The normalized spacial score (nSPS) is 10.4. The Morgan fingerprint density at radius 3 is 2.29 bits per heavy atom. The molecule has 8 heteroatoms. The van der Waals surface area contributed by atoms with E-state index in [2.05, 4.69) is 16.2 Å². The predicted octanol–water partition coefficient (Wildman–Crippen LogP) is 3.97. The topological polar surface area (TPSA) is 117 Å². The van der Waals surface area contributed by atoms with Gasteiger partial charge >= 0.3 is 12.0 Å². The molecule has 3 aromatic rings. The minimum absolute atomic E-state index is 0.0324. The van der Waals surface area contributed by atoms with Crippen LogP contribution in [-0.2, 0) is 4.74 Å². The summed E-state index contributed by atoms with van der Waals surface area (Å²) in [5.74, 6) is -1.28. The first-order valence-electron chi connectivity index (χ1n) is 9.84. The number of esters is 1. The lowest BCUT2D eigenvalue weighted by Crippen LogP contribution is -2.43. The summed E-state index contributed by atoms with van der Waals surface area (Å²) in [4.78, 5) is 36.3. The van der Waals surface area contributed by atoms with Crippen molar-refractivity contribution >= 4 is 34.4 Å². The molecule has 0 unspecified atom stereocenters. The highest BCUT2D eigenvalue weighted by Crippen LogP contribution is 2.24. The highest BCUT2D eigenvalue weighted by atomic mass is 16.5. The van der Waals surface area contributed by atoms with E-state index in [1.807, 2.05) is 31.2 Å². The zero-order chi connectivity index (χ0) is 22.2. The van der Waals surface area contributed by atoms with E-state index in [0.29, 0.717) is 17.9 Å². The summed E-state index contributed by atoms with van der Waals surface area (Å²) in [5.41, 5.74) is 5.30. The molecule has 0 aliphatic carbocycles. The number of fused-ring (bicyclic) bond motifs is 1. The van der Waals surface area contributed by atoms with Gasteiger partial charge in [0.2, 0.25) is 0 Å². The van der Waals surface area contributed by atoms with Crippen LogP contribution in [0.15, 0.2) is 60.7 Å². The van der Waals surface area contributed by atoms with Crippen molar-refractivity contribution in [2.75, 3.05) is 11.9 Å². The molecule has 0 atom stereocenters. The lowest BCUT2D eigenvalue weighted by Gasteiger charge is -2.11. The fourth-order valence-electron chi connectivity index (χ4n) is 2.84. The van der Waals surface area contributed by atoms with Crippen LogP contribution in [0.4, 0.5) is 10.5 Å². The maximum absolute atomic E-state index is 12.3. The first kappa shape index (κ1) is 21.6. The number of phenolic OH excluding ortho intramolecular Hbond substituents is 1. The van der Waals surface area contributed by atoms with Gasteiger partial charge in [-0.05, 0) is 53.6 Å². The molecule has 0 radical (unpaired) electrons. The van der Waals surface area contributed by atoms with Crippen molar-refractivity contribution in [1.29, 1.82) is 0 Å². The van der Waals surface area contributed by atoms with Crippen LogP contribution in [0.3, 0.4) is 0 Å². The van der Waals surface area contributed by atoms with Gasteiger partial charge in [-0.25, -0.2) is 15.0 Å². The molecule has 0 saturated heterocycles. The average molecular weight is 421 g/mol. The number of hydrazine groups is 1. The van der Waals surface area contributed by atoms with Crippen LogP contribution in [0.1, 0.15) is 40.5 Å². The molecule has 0 heterocycles. The van der Waals surface area contributed by atoms with Gasteiger partial charge in [0.05, 0.1) is 17.7 Å². The Morgan fingerprint density at radius 1 is 0.935 bits per heavy atom. The number of benzene rings is 3. The van der Waals surface area contributed by atoms with Gasteiger partial charge in [-0.3, -0.25) is 10.2 Å². The van der Waals surface area contributed by atoms with E-state index >= 15 is 0 Å². The number of urea groups is 1. The second-order valence-corrected chi connectivity index (χ2v) is 6.82. The van der Waals surface area contributed by atoms with Crippen molar-refractivity contribution in [1.82, 2.24) is 10.9 Å². The molecule has 0 fully saturated rings. The third-order valence-electron chi connectivity index (χ3n) is 4.51. The number of aromatic hydroxyl groups is 1. The van der Waals surface area contributed by atoms with Crippen LogP contribution < -0.4 is 16.2 Å².